The molecule has 0 radical (unpaired) electrons. The van der Waals surface area contributed by atoms with Crippen molar-refractivity contribution in [3.05, 3.63) is 0 Å². The van der Waals surface area contributed by atoms with Gasteiger partial charge >= 0.3 is 0 Å². The van der Waals surface area contributed by atoms with Crippen LogP contribution in [-0.4, -0.2) is 61.1 Å². The monoisotopic (exact) mass is 378 g/mol. The van der Waals surface area contributed by atoms with Crippen LogP contribution in [0.3, 0.4) is 0 Å². The molecule has 0 unspecified atom stereocenters. The van der Waals surface area contributed by atoms with Crippen LogP contribution >= 0.6 is 0 Å². The molecule has 0 N–H and O–H groups in total. The maximum Gasteiger partial charge on any atom is 0.223 e. The Hall–Kier alpha value is -0.610. The highest BCUT2D eigenvalue weighted by atomic mass is 16.5. The van der Waals surface area contributed by atoms with Crippen LogP contribution in [0.5, 0.6) is 0 Å². The first kappa shape index (κ1) is 21.1. The highest BCUT2D eigenvalue weighted by molar-refractivity contribution is 5.77. The Morgan fingerprint density at radius 1 is 0.963 bits per heavy atom. The van der Waals surface area contributed by atoms with E-state index in [2.05, 4.69) is 37.5 Å². The molecule has 3 aliphatic rings. The molecule has 4 heteroatoms. The maximum absolute atomic E-state index is 12.9. The van der Waals surface area contributed by atoms with Crippen LogP contribution < -0.4 is 0 Å². The second-order valence-corrected chi connectivity index (χ2v) is 10.3. The molecule has 27 heavy (non-hydrogen) atoms. The summed E-state index contributed by atoms with van der Waals surface area (Å²) in [5, 5.41) is 0. The smallest absolute Gasteiger partial charge is 0.223 e. The second kappa shape index (κ2) is 9.26. The Balaban J connectivity index is 1.45. The van der Waals surface area contributed by atoms with Crippen LogP contribution in [0, 0.1) is 23.2 Å². The van der Waals surface area contributed by atoms with Crippen LogP contribution in [0.25, 0.3) is 0 Å². The van der Waals surface area contributed by atoms with Gasteiger partial charge in [-0.1, -0.05) is 27.7 Å². The van der Waals surface area contributed by atoms with Gasteiger partial charge in [0.2, 0.25) is 5.91 Å². The van der Waals surface area contributed by atoms with Gasteiger partial charge in [-0.3, -0.25) is 9.69 Å². The van der Waals surface area contributed by atoms with Crippen molar-refractivity contribution in [3.8, 4) is 0 Å². The summed E-state index contributed by atoms with van der Waals surface area (Å²) >= 11 is 0. The van der Waals surface area contributed by atoms with Gasteiger partial charge in [-0.2, -0.15) is 0 Å². The third kappa shape index (κ3) is 5.47. The van der Waals surface area contributed by atoms with E-state index in [9.17, 15) is 4.79 Å². The summed E-state index contributed by atoms with van der Waals surface area (Å²) in [6, 6.07) is 0.742. The lowest BCUT2D eigenvalue weighted by atomic mass is 9.68. The quantitative estimate of drug-likeness (QED) is 0.719. The predicted molar refractivity (Wildman–Crippen MR) is 111 cm³/mol. The second-order valence-electron chi connectivity index (χ2n) is 10.3. The Bertz CT molecular complexity index is 469. The molecule has 156 valence electrons. The molecule has 0 spiro atoms. The number of likely N-dealkylation sites (tertiary alicyclic amines) is 1. The Morgan fingerprint density at radius 2 is 1.56 bits per heavy atom. The van der Waals surface area contributed by atoms with Gasteiger partial charge in [-0.25, -0.2) is 0 Å². The molecule has 2 aliphatic heterocycles. The SMILES string of the molecule is CC(C)C1CCN(C(=O)CC(C)(C)C2CCC(N3CCOCC3)CC2)CC1. The molecule has 3 fully saturated rings. The number of amides is 1. The number of morpholine rings is 1. The number of carbonyl (C=O) groups is 1. The van der Waals surface area contributed by atoms with Crippen LogP contribution in [0.1, 0.15) is 72.6 Å². The molecule has 2 saturated heterocycles. The van der Waals surface area contributed by atoms with Crippen LogP contribution in [0.15, 0.2) is 0 Å². The van der Waals surface area contributed by atoms with Gasteiger partial charge in [0.25, 0.3) is 0 Å². The minimum Gasteiger partial charge on any atom is -0.379 e. The summed E-state index contributed by atoms with van der Waals surface area (Å²) in [5.41, 5.74) is 0.127. The molecule has 1 aliphatic carbocycles. The average Bonchev–Trinajstić information content (AvgIpc) is 2.68. The molecular weight excluding hydrogens is 336 g/mol. The summed E-state index contributed by atoms with van der Waals surface area (Å²) in [7, 11) is 0. The van der Waals surface area contributed by atoms with E-state index in [1.165, 1.54) is 38.5 Å². The summed E-state index contributed by atoms with van der Waals surface area (Å²) in [6.45, 7) is 15.3. The summed E-state index contributed by atoms with van der Waals surface area (Å²) < 4.78 is 5.50. The molecule has 0 aromatic rings. The van der Waals surface area contributed by atoms with Gasteiger partial charge in [0.1, 0.15) is 0 Å². The Labute approximate surface area is 167 Å². The van der Waals surface area contributed by atoms with Crippen LogP contribution in [0.2, 0.25) is 0 Å². The first-order valence-electron chi connectivity index (χ1n) is 11.5. The fourth-order valence-corrected chi connectivity index (χ4v) is 5.63. The van der Waals surface area contributed by atoms with Crippen molar-refractivity contribution in [1.82, 2.24) is 9.80 Å². The third-order valence-corrected chi connectivity index (χ3v) is 7.81. The molecular formula is C23H42N2O2. The van der Waals surface area contributed by atoms with Crippen molar-refractivity contribution in [2.45, 2.75) is 78.7 Å². The van der Waals surface area contributed by atoms with Crippen LogP contribution in [-0.2, 0) is 9.53 Å². The van der Waals surface area contributed by atoms with Gasteiger partial charge in [-0.05, 0) is 61.7 Å². The number of piperidine rings is 1. The van der Waals surface area contributed by atoms with Crippen molar-refractivity contribution in [1.29, 1.82) is 0 Å². The normalized spacial score (nSPS) is 29.3. The van der Waals surface area contributed by atoms with Gasteiger partial charge in [0.05, 0.1) is 13.2 Å². The third-order valence-electron chi connectivity index (χ3n) is 7.81. The van der Waals surface area contributed by atoms with Gasteiger partial charge in [-0.15, -0.1) is 0 Å². The molecule has 0 bridgehead atoms. The molecule has 3 rings (SSSR count). The minimum absolute atomic E-state index is 0.127. The fraction of sp³-hybridized carbons (Fsp3) is 0.957. The van der Waals surface area contributed by atoms with E-state index < -0.39 is 0 Å². The molecule has 1 amide bonds. The fourth-order valence-electron chi connectivity index (χ4n) is 5.63. The summed E-state index contributed by atoms with van der Waals surface area (Å²) in [5.74, 6) is 2.64. The van der Waals surface area contributed by atoms with E-state index >= 15 is 0 Å². The molecule has 0 atom stereocenters. The van der Waals surface area contributed by atoms with Crippen LogP contribution in [0.4, 0.5) is 0 Å². The van der Waals surface area contributed by atoms with Gasteiger partial charge in [0.15, 0.2) is 0 Å². The largest absolute Gasteiger partial charge is 0.379 e. The molecule has 0 aromatic carbocycles. The first-order chi connectivity index (χ1) is 12.9. The van der Waals surface area contributed by atoms with Gasteiger partial charge in [0, 0.05) is 38.6 Å². The topological polar surface area (TPSA) is 32.8 Å². The zero-order valence-electron chi connectivity index (χ0n) is 18.2. The molecule has 4 nitrogen and oxygen atoms in total. The lowest BCUT2D eigenvalue weighted by Gasteiger charge is -2.44. The number of ether oxygens (including phenoxy) is 1. The predicted octanol–water partition coefficient (Wildman–Crippen LogP) is 4.19. The molecule has 0 aromatic heterocycles. The highest BCUT2D eigenvalue weighted by Crippen LogP contribution is 2.42. The van der Waals surface area contributed by atoms with E-state index in [1.54, 1.807) is 0 Å². The number of rotatable bonds is 5. The van der Waals surface area contributed by atoms with E-state index in [0.29, 0.717) is 11.8 Å². The lowest BCUT2D eigenvalue weighted by molar-refractivity contribution is -0.136. The van der Waals surface area contributed by atoms with Crippen molar-refractivity contribution in [2.24, 2.45) is 23.2 Å². The highest BCUT2D eigenvalue weighted by Gasteiger charge is 2.37. The lowest BCUT2D eigenvalue weighted by Crippen LogP contribution is -2.46. The molecule has 1 saturated carbocycles. The minimum atomic E-state index is 0.127. The van der Waals surface area contributed by atoms with E-state index in [4.69, 9.17) is 4.74 Å². The number of hydrogen-bond acceptors (Lipinski definition) is 3. The van der Waals surface area contributed by atoms with Crippen molar-refractivity contribution in [3.63, 3.8) is 0 Å². The molecule has 2 heterocycles. The first-order valence-corrected chi connectivity index (χ1v) is 11.5. The van der Waals surface area contributed by atoms with Crippen molar-refractivity contribution in [2.75, 3.05) is 39.4 Å². The number of hydrogen-bond donors (Lipinski definition) is 0. The number of carbonyl (C=O) groups excluding carboxylic acids is 1. The zero-order valence-corrected chi connectivity index (χ0v) is 18.2. The van der Waals surface area contributed by atoms with E-state index in [-0.39, 0.29) is 5.41 Å². The van der Waals surface area contributed by atoms with Crippen molar-refractivity contribution < 1.29 is 9.53 Å². The maximum atomic E-state index is 12.9. The van der Waals surface area contributed by atoms with E-state index in [0.717, 1.165) is 63.7 Å². The zero-order chi connectivity index (χ0) is 19.4. The van der Waals surface area contributed by atoms with Gasteiger partial charge < -0.3 is 9.64 Å². The summed E-state index contributed by atoms with van der Waals surface area (Å²) in [4.78, 5) is 17.7. The Kier molecular flexibility index (Phi) is 7.24. The average molecular weight is 379 g/mol. The number of nitrogens with zero attached hydrogens (tertiary/aromatic N) is 2. The van der Waals surface area contributed by atoms with Crippen molar-refractivity contribution >= 4 is 5.91 Å². The summed E-state index contributed by atoms with van der Waals surface area (Å²) in [6.07, 6.45) is 8.24. The standard InChI is InChI=1S/C23H42N2O2/c1-18(2)19-9-11-25(12-10-19)22(26)17-23(3,4)20-5-7-21(8-6-20)24-13-15-27-16-14-24/h18-21H,5-17H2,1-4H3. The van der Waals surface area contributed by atoms with E-state index in [1.807, 2.05) is 0 Å². The Morgan fingerprint density at radius 3 is 2.11 bits per heavy atom.